The van der Waals surface area contributed by atoms with Crippen molar-refractivity contribution in [1.29, 1.82) is 0 Å². The minimum atomic E-state index is -4.27. The van der Waals surface area contributed by atoms with Gasteiger partial charge in [0.2, 0.25) is 11.8 Å². The summed E-state index contributed by atoms with van der Waals surface area (Å²) in [6.07, 6.45) is 14.4. The molecule has 7 aromatic rings. The molecular formula is C50H48N6O8S2. The molecule has 4 N–H and O–H groups in total. The van der Waals surface area contributed by atoms with Gasteiger partial charge in [-0.2, -0.15) is 0 Å². The molecule has 66 heavy (non-hydrogen) atoms. The Morgan fingerprint density at radius 1 is 0.424 bits per heavy atom. The van der Waals surface area contributed by atoms with Gasteiger partial charge >= 0.3 is 0 Å². The van der Waals surface area contributed by atoms with E-state index in [2.05, 4.69) is 21.3 Å². The minimum Gasteiger partial charge on any atom is -0.744 e. The van der Waals surface area contributed by atoms with Crippen LogP contribution in [0.1, 0.15) is 22.3 Å². The predicted molar refractivity (Wildman–Crippen MR) is 255 cm³/mol. The highest BCUT2D eigenvalue weighted by Crippen LogP contribution is 2.20. The number of aromatic nitrogens is 2. The second kappa shape index (κ2) is 23.3. The Balaban J connectivity index is 0.000000301. The number of rotatable bonds is 12. The summed E-state index contributed by atoms with van der Waals surface area (Å²) in [5, 5.41) is 12.4. The molecule has 0 aliphatic heterocycles. The maximum absolute atomic E-state index is 12.4. The van der Waals surface area contributed by atoms with Gasteiger partial charge in [0.05, 0.1) is 21.2 Å². The molecule has 0 aliphatic carbocycles. The van der Waals surface area contributed by atoms with Gasteiger partial charge < -0.3 is 30.4 Å². The molecule has 0 radical (unpaired) electrons. The Hall–Kier alpha value is -7.76. The molecule has 338 valence electrons. The molecule has 0 saturated heterocycles. The topological polar surface area (TPSA) is 204 Å². The molecule has 7 rings (SSSR count). The number of pyridine rings is 2. The summed E-state index contributed by atoms with van der Waals surface area (Å²) in [6.45, 7) is 3.64. The number of anilines is 6. The van der Waals surface area contributed by atoms with E-state index in [9.17, 15) is 35.5 Å². The van der Waals surface area contributed by atoms with E-state index in [4.69, 9.17) is 0 Å². The standard InChI is InChI=1S/C36H32N6O2.2C7H8O3S/c1-41-23-19-33(20-24-41)37-29-9-13-31(14-10-29)39-35(43)17-7-27-3-5-28(6-4-27)8-18-36(44)40-32-15-11-30(12-16-32)38-34-21-25-42(2)26-22-34;2*1-6-2-4-7(5-3-6)11(8,9)10/h3-26H,1-2H3,(H2,39,40,43,44);2*2-5H,1H3,(H,8,9,10)/b17-7+,18-8+;;. The van der Waals surface area contributed by atoms with Crippen molar-refractivity contribution >= 4 is 78.3 Å². The monoisotopic (exact) mass is 924 g/mol. The lowest BCUT2D eigenvalue weighted by molar-refractivity contribution is -0.671. The lowest BCUT2D eigenvalue weighted by Gasteiger charge is -2.07. The third kappa shape index (κ3) is 17.1. The van der Waals surface area contributed by atoms with Crippen LogP contribution in [0.4, 0.5) is 34.1 Å². The smallest absolute Gasteiger partial charge is 0.248 e. The van der Waals surface area contributed by atoms with E-state index in [1.54, 1.807) is 36.4 Å². The summed E-state index contributed by atoms with van der Waals surface area (Å²) in [4.78, 5) is 24.5. The number of amides is 2. The highest BCUT2D eigenvalue weighted by Gasteiger charge is 2.04. The van der Waals surface area contributed by atoms with Crippen molar-refractivity contribution in [1.82, 2.24) is 0 Å². The zero-order chi connectivity index (χ0) is 47.7. The first kappa shape index (κ1) is 49.3. The van der Waals surface area contributed by atoms with E-state index in [1.165, 1.54) is 36.4 Å². The number of aryl methyl sites for hydroxylation is 4. The van der Waals surface area contributed by atoms with Crippen molar-refractivity contribution in [2.75, 3.05) is 21.3 Å². The SMILES string of the molecule is C[n+]1ccc(Nc2ccc(NC(=O)/C=C/c3ccc(/C=C/C(=O)Nc4ccc(Nc5cc[n+](C)cc5)cc4)cc3)cc2)cc1.Cc1ccc(S(=O)(=O)[O-])cc1.Cc1ccc(S(=O)(=O)[O-])cc1. The maximum atomic E-state index is 12.4. The molecule has 0 saturated carbocycles. The molecule has 14 nitrogen and oxygen atoms in total. The molecule has 0 spiro atoms. The first-order valence-electron chi connectivity index (χ1n) is 20.2. The van der Waals surface area contributed by atoms with Gasteiger partial charge in [0.1, 0.15) is 34.3 Å². The van der Waals surface area contributed by atoms with Crippen LogP contribution in [-0.2, 0) is 43.9 Å². The zero-order valence-corrected chi connectivity index (χ0v) is 38.1. The molecule has 0 fully saturated rings. The molecule has 0 unspecified atom stereocenters. The quantitative estimate of drug-likeness (QED) is 0.0529. The van der Waals surface area contributed by atoms with Crippen LogP contribution < -0.4 is 30.4 Å². The highest BCUT2D eigenvalue weighted by molar-refractivity contribution is 7.86. The second-order valence-corrected chi connectivity index (χ2v) is 17.5. The van der Waals surface area contributed by atoms with Gasteiger partial charge in [0.25, 0.3) is 0 Å². The van der Waals surface area contributed by atoms with Crippen LogP contribution in [0.5, 0.6) is 0 Å². The molecular weight excluding hydrogens is 877 g/mol. The summed E-state index contributed by atoms with van der Waals surface area (Å²) in [5.41, 5.74) is 8.84. The summed E-state index contributed by atoms with van der Waals surface area (Å²) >= 11 is 0. The molecule has 0 aliphatic rings. The van der Waals surface area contributed by atoms with Crippen LogP contribution in [0.25, 0.3) is 12.2 Å². The summed E-state index contributed by atoms with van der Waals surface area (Å²) < 4.78 is 66.3. The third-order valence-electron chi connectivity index (χ3n) is 9.25. The first-order valence-corrected chi connectivity index (χ1v) is 23.0. The van der Waals surface area contributed by atoms with Gasteiger partial charge in [0.15, 0.2) is 24.8 Å². The van der Waals surface area contributed by atoms with Crippen molar-refractivity contribution in [3.63, 3.8) is 0 Å². The van der Waals surface area contributed by atoms with Crippen LogP contribution in [0.2, 0.25) is 0 Å². The fraction of sp³-hybridized carbons (Fsp3) is 0.0800. The number of carbonyl (C=O) groups is 2. The van der Waals surface area contributed by atoms with E-state index < -0.39 is 20.2 Å². The maximum Gasteiger partial charge on any atom is 0.248 e. The van der Waals surface area contributed by atoms with Crippen LogP contribution >= 0.6 is 0 Å². The summed E-state index contributed by atoms with van der Waals surface area (Å²) in [5.74, 6) is -0.444. The van der Waals surface area contributed by atoms with E-state index in [-0.39, 0.29) is 21.6 Å². The second-order valence-electron chi connectivity index (χ2n) is 14.8. The normalized spacial score (nSPS) is 11.1. The Morgan fingerprint density at radius 2 is 0.697 bits per heavy atom. The average Bonchev–Trinajstić information content (AvgIpc) is 3.28. The van der Waals surface area contributed by atoms with E-state index in [0.717, 1.165) is 45.0 Å². The van der Waals surface area contributed by atoms with Gasteiger partial charge in [0, 0.05) is 59.2 Å². The van der Waals surface area contributed by atoms with Crippen LogP contribution in [-0.4, -0.2) is 37.8 Å². The van der Waals surface area contributed by atoms with Crippen molar-refractivity contribution in [2.45, 2.75) is 23.6 Å². The Labute approximate surface area is 385 Å². The first-order chi connectivity index (χ1) is 31.4. The zero-order valence-electron chi connectivity index (χ0n) is 36.5. The largest absolute Gasteiger partial charge is 0.744 e. The number of hydrogen-bond donors (Lipinski definition) is 4. The van der Waals surface area contributed by atoms with Gasteiger partial charge in [-0.3, -0.25) is 9.59 Å². The molecule has 0 atom stereocenters. The molecule has 2 aromatic heterocycles. The van der Waals surface area contributed by atoms with Crippen LogP contribution in [0.15, 0.2) is 192 Å². The average molecular weight is 925 g/mol. The van der Waals surface area contributed by atoms with Gasteiger partial charge in [-0.25, -0.2) is 26.0 Å². The lowest BCUT2D eigenvalue weighted by Crippen LogP contribution is -2.25. The fourth-order valence-corrected chi connectivity index (χ4v) is 6.55. The van der Waals surface area contributed by atoms with Gasteiger partial charge in [-0.15, -0.1) is 0 Å². The van der Waals surface area contributed by atoms with Crippen molar-refractivity contribution < 1.29 is 44.7 Å². The number of carbonyl (C=O) groups excluding carboxylic acids is 2. The van der Waals surface area contributed by atoms with Crippen LogP contribution in [0.3, 0.4) is 0 Å². The van der Waals surface area contributed by atoms with Crippen molar-refractivity contribution in [2.24, 2.45) is 14.1 Å². The summed E-state index contributed by atoms with van der Waals surface area (Å²) in [7, 11) is -4.60. The molecule has 2 amide bonds. The van der Waals surface area contributed by atoms with E-state index >= 15 is 0 Å². The lowest BCUT2D eigenvalue weighted by atomic mass is 10.1. The third-order valence-corrected chi connectivity index (χ3v) is 10.9. The minimum absolute atomic E-state index is 0.178. The number of hydrogen-bond acceptors (Lipinski definition) is 10. The Morgan fingerprint density at radius 3 is 0.985 bits per heavy atom. The fourth-order valence-electron chi connectivity index (χ4n) is 5.62. The predicted octanol–water partition coefficient (Wildman–Crippen LogP) is 7.92. The molecule has 0 bridgehead atoms. The van der Waals surface area contributed by atoms with Gasteiger partial charge in [-0.05, 0) is 110 Å². The Kier molecular flexibility index (Phi) is 17.4. The summed E-state index contributed by atoms with van der Waals surface area (Å²) in [6, 6.07) is 42.2. The highest BCUT2D eigenvalue weighted by atomic mass is 32.2. The van der Waals surface area contributed by atoms with Crippen molar-refractivity contribution in [3.8, 4) is 0 Å². The number of nitrogens with zero attached hydrogens (tertiary/aromatic N) is 2. The van der Waals surface area contributed by atoms with Crippen molar-refractivity contribution in [3.05, 3.63) is 205 Å². The molecule has 16 heteroatoms. The molecule has 2 heterocycles. The van der Waals surface area contributed by atoms with E-state index in [0.29, 0.717) is 11.4 Å². The number of nitrogens with one attached hydrogen (secondary N) is 4. The number of benzene rings is 5. The van der Waals surface area contributed by atoms with Crippen LogP contribution in [0, 0.1) is 13.8 Å². The Bertz CT molecular complexity index is 2770. The molecule has 5 aromatic carbocycles. The van der Waals surface area contributed by atoms with Gasteiger partial charge in [-0.1, -0.05) is 59.7 Å². The van der Waals surface area contributed by atoms with E-state index in [1.807, 2.05) is 159 Å².